The summed E-state index contributed by atoms with van der Waals surface area (Å²) in [4.78, 5) is 16.0. The van der Waals surface area contributed by atoms with E-state index in [4.69, 9.17) is 4.74 Å². The van der Waals surface area contributed by atoms with E-state index >= 15 is 0 Å². The highest BCUT2D eigenvalue weighted by atomic mass is 16.5. The molecule has 2 rings (SSSR count). The maximum Gasteiger partial charge on any atom is 0.223 e. The van der Waals surface area contributed by atoms with Crippen molar-refractivity contribution in [1.82, 2.24) is 16.0 Å². The smallest absolute Gasteiger partial charge is 0.223 e. The van der Waals surface area contributed by atoms with Crippen LogP contribution < -0.4 is 20.7 Å². The molecule has 1 aromatic rings. The second kappa shape index (κ2) is 9.80. The Bertz CT molecular complexity index is 556. The summed E-state index contributed by atoms with van der Waals surface area (Å²) in [7, 11) is 0. The summed E-state index contributed by atoms with van der Waals surface area (Å²) in [6, 6.07) is 7.97. The van der Waals surface area contributed by atoms with Crippen molar-refractivity contribution < 1.29 is 9.53 Å². The van der Waals surface area contributed by atoms with Crippen molar-refractivity contribution in [2.45, 2.75) is 26.7 Å². The maximum atomic E-state index is 11.5. The first-order chi connectivity index (χ1) is 11.7. The van der Waals surface area contributed by atoms with E-state index in [1.807, 2.05) is 38.1 Å². The predicted molar refractivity (Wildman–Crippen MR) is 96.4 cm³/mol. The van der Waals surface area contributed by atoms with Crippen LogP contribution in [-0.4, -0.2) is 44.7 Å². The first-order valence-corrected chi connectivity index (χ1v) is 8.69. The van der Waals surface area contributed by atoms with Crippen LogP contribution in [0.1, 0.15) is 25.3 Å². The maximum absolute atomic E-state index is 11.5. The van der Waals surface area contributed by atoms with Crippen LogP contribution in [0.25, 0.3) is 0 Å². The van der Waals surface area contributed by atoms with E-state index in [1.165, 1.54) is 0 Å². The molecule has 0 heterocycles. The van der Waals surface area contributed by atoms with Crippen molar-refractivity contribution in [2.24, 2.45) is 10.9 Å². The van der Waals surface area contributed by atoms with E-state index in [1.54, 1.807) is 0 Å². The highest BCUT2D eigenvalue weighted by Gasteiger charge is 2.28. The molecule has 1 aliphatic carbocycles. The molecule has 0 unspecified atom stereocenters. The number of hydrogen-bond acceptors (Lipinski definition) is 3. The zero-order chi connectivity index (χ0) is 17.2. The Kier molecular flexibility index (Phi) is 7.39. The molecular formula is C18H28N4O2. The molecule has 1 fully saturated rings. The minimum absolute atomic E-state index is 0.162. The van der Waals surface area contributed by atoms with Gasteiger partial charge in [-0.3, -0.25) is 9.79 Å². The number of carbonyl (C=O) groups is 1. The number of nitrogens with one attached hydrogen (secondary N) is 3. The Morgan fingerprint density at radius 3 is 2.71 bits per heavy atom. The third-order valence-electron chi connectivity index (χ3n) is 3.72. The van der Waals surface area contributed by atoms with Crippen LogP contribution in [0.4, 0.5) is 0 Å². The summed E-state index contributed by atoms with van der Waals surface area (Å²) >= 11 is 0. The second-order valence-corrected chi connectivity index (χ2v) is 5.87. The number of rotatable bonds is 9. The van der Waals surface area contributed by atoms with Crippen molar-refractivity contribution in [3.8, 4) is 5.75 Å². The molecule has 1 aliphatic rings. The number of ether oxygens (including phenoxy) is 1. The van der Waals surface area contributed by atoms with Gasteiger partial charge in [-0.2, -0.15) is 0 Å². The van der Waals surface area contributed by atoms with Crippen LogP contribution in [0.3, 0.4) is 0 Å². The van der Waals surface area contributed by atoms with Crippen LogP contribution in [0, 0.1) is 12.8 Å². The standard InChI is InChI=1S/C18H28N4O2/c1-3-19-18(21-11-10-20-17(23)15-8-9-15)22-12-13-24-16-7-5-4-6-14(16)2/h4-7,15H,3,8-13H2,1-2H3,(H,20,23)(H2,19,21,22). The number of nitrogens with zero attached hydrogens (tertiary/aromatic N) is 1. The number of hydrogen-bond donors (Lipinski definition) is 3. The number of benzene rings is 1. The molecule has 0 atom stereocenters. The molecule has 0 bridgehead atoms. The number of guanidine groups is 1. The van der Waals surface area contributed by atoms with Crippen molar-refractivity contribution in [1.29, 1.82) is 0 Å². The molecule has 1 saturated carbocycles. The van der Waals surface area contributed by atoms with Gasteiger partial charge < -0.3 is 20.7 Å². The van der Waals surface area contributed by atoms with E-state index in [2.05, 4.69) is 20.9 Å². The SMILES string of the molecule is CCNC(=NCCNC(=O)C1CC1)NCCOc1ccccc1C. The summed E-state index contributed by atoms with van der Waals surface area (Å²) in [6.45, 7) is 7.21. The third-order valence-corrected chi connectivity index (χ3v) is 3.72. The van der Waals surface area contributed by atoms with E-state index in [-0.39, 0.29) is 11.8 Å². The molecule has 6 heteroatoms. The second-order valence-electron chi connectivity index (χ2n) is 5.87. The first-order valence-electron chi connectivity index (χ1n) is 8.69. The van der Waals surface area contributed by atoms with Gasteiger partial charge in [0.05, 0.1) is 13.1 Å². The van der Waals surface area contributed by atoms with Gasteiger partial charge in [0.15, 0.2) is 5.96 Å². The average Bonchev–Trinajstić information content (AvgIpc) is 3.41. The third kappa shape index (κ3) is 6.48. The van der Waals surface area contributed by atoms with Crippen LogP contribution in [0.5, 0.6) is 5.75 Å². The molecule has 6 nitrogen and oxygen atoms in total. The molecule has 0 spiro atoms. The van der Waals surface area contributed by atoms with E-state index < -0.39 is 0 Å². The lowest BCUT2D eigenvalue weighted by molar-refractivity contribution is -0.122. The lowest BCUT2D eigenvalue weighted by Crippen LogP contribution is -2.40. The number of aryl methyl sites for hydroxylation is 1. The monoisotopic (exact) mass is 332 g/mol. The highest BCUT2D eigenvalue weighted by molar-refractivity contribution is 5.81. The molecule has 3 N–H and O–H groups in total. The number of carbonyl (C=O) groups excluding carboxylic acids is 1. The van der Waals surface area contributed by atoms with Gasteiger partial charge in [0, 0.05) is 19.0 Å². The summed E-state index contributed by atoms with van der Waals surface area (Å²) in [5.74, 6) is 2.06. The van der Waals surface area contributed by atoms with E-state index in [0.29, 0.717) is 26.2 Å². The summed E-state index contributed by atoms with van der Waals surface area (Å²) in [6.07, 6.45) is 2.06. The minimum atomic E-state index is 0.162. The highest BCUT2D eigenvalue weighted by Crippen LogP contribution is 2.28. The minimum Gasteiger partial charge on any atom is -0.491 e. The fourth-order valence-electron chi connectivity index (χ4n) is 2.23. The molecule has 0 aliphatic heterocycles. The average molecular weight is 332 g/mol. The van der Waals surface area contributed by atoms with Gasteiger partial charge in [0.2, 0.25) is 5.91 Å². The zero-order valence-corrected chi connectivity index (χ0v) is 14.6. The van der Waals surface area contributed by atoms with Crippen molar-refractivity contribution in [3.63, 3.8) is 0 Å². The normalized spacial score (nSPS) is 14.2. The van der Waals surface area contributed by atoms with E-state index in [9.17, 15) is 4.79 Å². The molecule has 24 heavy (non-hydrogen) atoms. The fourth-order valence-corrected chi connectivity index (χ4v) is 2.23. The van der Waals surface area contributed by atoms with Crippen LogP contribution in [0.2, 0.25) is 0 Å². The van der Waals surface area contributed by atoms with Crippen molar-refractivity contribution >= 4 is 11.9 Å². The van der Waals surface area contributed by atoms with Crippen molar-refractivity contribution in [3.05, 3.63) is 29.8 Å². The van der Waals surface area contributed by atoms with Gasteiger partial charge in [-0.1, -0.05) is 18.2 Å². The lowest BCUT2D eigenvalue weighted by Gasteiger charge is -2.13. The summed E-state index contributed by atoms with van der Waals surface area (Å²) in [5, 5.41) is 9.33. The largest absolute Gasteiger partial charge is 0.491 e. The Morgan fingerprint density at radius 2 is 2.00 bits per heavy atom. The quantitative estimate of drug-likeness (QED) is 0.364. The van der Waals surface area contributed by atoms with Crippen LogP contribution >= 0.6 is 0 Å². The van der Waals surface area contributed by atoms with Gasteiger partial charge in [-0.05, 0) is 38.3 Å². The van der Waals surface area contributed by atoms with Gasteiger partial charge in [-0.15, -0.1) is 0 Å². The number of amides is 1. The van der Waals surface area contributed by atoms with Gasteiger partial charge in [0.25, 0.3) is 0 Å². The molecule has 1 aromatic carbocycles. The molecule has 0 radical (unpaired) electrons. The fraction of sp³-hybridized carbons (Fsp3) is 0.556. The topological polar surface area (TPSA) is 74.8 Å². The van der Waals surface area contributed by atoms with Gasteiger partial charge >= 0.3 is 0 Å². The Labute approximate surface area is 144 Å². The molecule has 1 amide bonds. The number of aliphatic imine (C=N–C) groups is 1. The zero-order valence-electron chi connectivity index (χ0n) is 14.6. The molecule has 0 saturated heterocycles. The Morgan fingerprint density at radius 1 is 1.21 bits per heavy atom. The first kappa shape index (κ1) is 18.1. The van der Waals surface area contributed by atoms with Gasteiger partial charge in [-0.25, -0.2) is 0 Å². The number of para-hydroxylation sites is 1. The Hall–Kier alpha value is -2.24. The summed E-state index contributed by atoms with van der Waals surface area (Å²) < 4.78 is 5.75. The van der Waals surface area contributed by atoms with E-state index in [0.717, 1.165) is 36.7 Å². The van der Waals surface area contributed by atoms with Gasteiger partial charge in [0.1, 0.15) is 12.4 Å². The molecular weight excluding hydrogens is 304 g/mol. The van der Waals surface area contributed by atoms with Crippen LogP contribution in [-0.2, 0) is 4.79 Å². The van der Waals surface area contributed by atoms with Crippen LogP contribution in [0.15, 0.2) is 29.3 Å². The predicted octanol–water partition coefficient (Wildman–Crippen LogP) is 1.46. The Balaban J connectivity index is 1.65. The summed E-state index contributed by atoms with van der Waals surface area (Å²) in [5.41, 5.74) is 1.13. The lowest BCUT2D eigenvalue weighted by atomic mass is 10.2. The molecule has 0 aromatic heterocycles. The molecule has 132 valence electrons. The van der Waals surface area contributed by atoms with Crippen molar-refractivity contribution in [2.75, 3.05) is 32.8 Å².